The molecule has 1 fully saturated rings. The van der Waals surface area contributed by atoms with Crippen LogP contribution in [0.4, 0.5) is 0 Å². The first-order valence-electron chi connectivity index (χ1n) is 5.72. The van der Waals surface area contributed by atoms with Gasteiger partial charge in [-0.05, 0) is 37.6 Å². The topological polar surface area (TPSA) is 21.3 Å². The first-order valence-corrected chi connectivity index (χ1v) is 6.60. The number of rotatable bonds is 4. The van der Waals surface area contributed by atoms with Crippen molar-refractivity contribution in [2.75, 3.05) is 13.2 Å². The average molecular weight is 225 g/mol. The van der Waals surface area contributed by atoms with Gasteiger partial charge in [0.05, 0.1) is 6.10 Å². The Bertz CT molecular complexity index is 273. The van der Waals surface area contributed by atoms with E-state index in [2.05, 4.69) is 29.8 Å². The number of hydrogen-bond acceptors (Lipinski definition) is 3. The standard InChI is InChI=1S/C12H19NOS/c1-10-9-11(5-7-14-10)13-6-4-12-3-2-8-15-12/h2-3,8,10-11,13H,4-7,9H2,1H3. The highest BCUT2D eigenvalue weighted by atomic mass is 32.1. The van der Waals surface area contributed by atoms with Gasteiger partial charge in [-0.2, -0.15) is 0 Å². The van der Waals surface area contributed by atoms with Crippen molar-refractivity contribution in [2.45, 2.75) is 38.3 Å². The van der Waals surface area contributed by atoms with Gasteiger partial charge in [-0.1, -0.05) is 6.07 Å². The summed E-state index contributed by atoms with van der Waals surface area (Å²) in [5, 5.41) is 5.76. The second-order valence-corrected chi connectivity index (χ2v) is 5.22. The molecule has 1 aromatic heterocycles. The van der Waals surface area contributed by atoms with E-state index in [1.165, 1.54) is 4.88 Å². The second-order valence-electron chi connectivity index (χ2n) is 4.19. The zero-order valence-corrected chi connectivity index (χ0v) is 10.1. The van der Waals surface area contributed by atoms with Crippen LogP contribution >= 0.6 is 11.3 Å². The fourth-order valence-electron chi connectivity index (χ4n) is 2.04. The van der Waals surface area contributed by atoms with Crippen molar-refractivity contribution in [3.05, 3.63) is 22.4 Å². The van der Waals surface area contributed by atoms with Crippen molar-refractivity contribution < 1.29 is 4.74 Å². The monoisotopic (exact) mass is 225 g/mol. The first-order chi connectivity index (χ1) is 7.34. The van der Waals surface area contributed by atoms with Crippen LogP contribution in [-0.2, 0) is 11.2 Å². The van der Waals surface area contributed by atoms with E-state index in [1.54, 1.807) is 0 Å². The van der Waals surface area contributed by atoms with Gasteiger partial charge in [0, 0.05) is 24.1 Å². The van der Waals surface area contributed by atoms with Crippen LogP contribution in [0.1, 0.15) is 24.6 Å². The van der Waals surface area contributed by atoms with Gasteiger partial charge in [-0.15, -0.1) is 11.3 Å². The largest absolute Gasteiger partial charge is 0.378 e. The molecule has 0 aromatic carbocycles. The quantitative estimate of drug-likeness (QED) is 0.850. The van der Waals surface area contributed by atoms with E-state index < -0.39 is 0 Å². The predicted molar refractivity (Wildman–Crippen MR) is 64.5 cm³/mol. The summed E-state index contributed by atoms with van der Waals surface area (Å²) in [5.74, 6) is 0. The third-order valence-electron chi connectivity index (χ3n) is 2.87. The summed E-state index contributed by atoms with van der Waals surface area (Å²) in [6, 6.07) is 4.99. The molecular formula is C12H19NOS. The molecule has 2 atom stereocenters. The summed E-state index contributed by atoms with van der Waals surface area (Å²) >= 11 is 1.85. The summed E-state index contributed by atoms with van der Waals surface area (Å²) in [5.41, 5.74) is 0. The van der Waals surface area contributed by atoms with Crippen LogP contribution in [-0.4, -0.2) is 25.3 Å². The van der Waals surface area contributed by atoms with E-state index in [4.69, 9.17) is 4.74 Å². The maximum absolute atomic E-state index is 5.52. The van der Waals surface area contributed by atoms with Crippen molar-refractivity contribution in [1.29, 1.82) is 0 Å². The van der Waals surface area contributed by atoms with E-state index in [1.807, 2.05) is 11.3 Å². The number of nitrogens with one attached hydrogen (secondary N) is 1. The van der Waals surface area contributed by atoms with Gasteiger partial charge >= 0.3 is 0 Å². The molecular weight excluding hydrogens is 206 g/mol. The molecule has 0 bridgehead atoms. The van der Waals surface area contributed by atoms with Crippen LogP contribution in [0.3, 0.4) is 0 Å². The molecule has 1 aliphatic rings. The summed E-state index contributed by atoms with van der Waals surface area (Å²) in [4.78, 5) is 1.47. The van der Waals surface area contributed by atoms with E-state index >= 15 is 0 Å². The maximum atomic E-state index is 5.52. The Morgan fingerprint density at radius 1 is 1.60 bits per heavy atom. The third-order valence-corrected chi connectivity index (χ3v) is 3.81. The maximum Gasteiger partial charge on any atom is 0.0561 e. The van der Waals surface area contributed by atoms with Crippen LogP contribution in [0.15, 0.2) is 17.5 Å². The Hall–Kier alpha value is -0.380. The van der Waals surface area contributed by atoms with Crippen molar-refractivity contribution in [3.8, 4) is 0 Å². The van der Waals surface area contributed by atoms with Crippen molar-refractivity contribution in [2.24, 2.45) is 0 Å². The van der Waals surface area contributed by atoms with Crippen LogP contribution < -0.4 is 5.32 Å². The molecule has 3 heteroatoms. The lowest BCUT2D eigenvalue weighted by molar-refractivity contribution is 0.0135. The van der Waals surface area contributed by atoms with Gasteiger partial charge in [0.2, 0.25) is 0 Å². The van der Waals surface area contributed by atoms with Crippen molar-refractivity contribution >= 4 is 11.3 Å². The molecule has 1 N–H and O–H groups in total. The number of ether oxygens (including phenoxy) is 1. The van der Waals surface area contributed by atoms with Crippen LogP contribution in [0.5, 0.6) is 0 Å². The molecule has 2 heterocycles. The zero-order valence-electron chi connectivity index (χ0n) is 9.24. The Kier molecular flexibility index (Phi) is 4.18. The lowest BCUT2D eigenvalue weighted by Crippen LogP contribution is -2.38. The van der Waals surface area contributed by atoms with Gasteiger partial charge in [0.1, 0.15) is 0 Å². The summed E-state index contributed by atoms with van der Waals surface area (Å²) < 4.78 is 5.52. The minimum absolute atomic E-state index is 0.429. The Morgan fingerprint density at radius 3 is 3.27 bits per heavy atom. The average Bonchev–Trinajstić information content (AvgIpc) is 2.71. The van der Waals surface area contributed by atoms with E-state index in [9.17, 15) is 0 Å². The SMILES string of the molecule is CC1CC(NCCc2cccs2)CCO1. The van der Waals surface area contributed by atoms with Crippen LogP contribution in [0.25, 0.3) is 0 Å². The molecule has 15 heavy (non-hydrogen) atoms. The van der Waals surface area contributed by atoms with Gasteiger partial charge in [-0.25, -0.2) is 0 Å². The molecule has 0 saturated carbocycles. The van der Waals surface area contributed by atoms with E-state index in [-0.39, 0.29) is 0 Å². The Balaban J connectivity index is 1.65. The minimum atomic E-state index is 0.429. The fraction of sp³-hybridized carbons (Fsp3) is 0.667. The molecule has 1 aliphatic heterocycles. The zero-order chi connectivity index (χ0) is 10.5. The smallest absolute Gasteiger partial charge is 0.0561 e. The number of hydrogen-bond donors (Lipinski definition) is 1. The van der Waals surface area contributed by atoms with Gasteiger partial charge < -0.3 is 10.1 Å². The summed E-state index contributed by atoms with van der Waals surface area (Å²) in [7, 11) is 0. The summed E-state index contributed by atoms with van der Waals surface area (Å²) in [6.45, 7) is 4.17. The summed E-state index contributed by atoms with van der Waals surface area (Å²) in [6.07, 6.45) is 3.90. The van der Waals surface area contributed by atoms with Gasteiger partial charge in [0.15, 0.2) is 0 Å². The van der Waals surface area contributed by atoms with Gasteiger partial charge in [0.25, 0.3) is 0 Å². The highest BCUT2D eigenvalue weighted by Gasteiger charge is 2.18. The Labute approximate surface area is 95.6 Å². The van der Waals surface area contributed by atoms with Crippen molar-refractivity contribution in [3.63, 3.8) is 0 Å². The molecule has 2 rings (SSSR count). The van der Waals surface area contributed by atoms with Crippen LogP contribution in [0.2, 0.25) is 0 Å². The van der Waals surface area contributed by atoms with E-state index in [0.717, 1.165) is 32.4 Å². The van der Waals surface area contributed by atoms with Crippen molar-refractivity contribution in [1.82, 2.24) is 5.32 Å². The molecule has 0 radical (unpaired) electrons. The normalized spacial score (nSPS) is 26.7. The molecule has 0 spiro atoms. The third kappa shape index (κ3) is 3.59. The molecule has 84 valence electrons. The fourth-order valence-corrected chi connectivity index (χ4v) is 2.75. The number of thiophene rings is 1. The van der Waals surface area contributed by atoms with Gasteiger partial charge in [-0.3, -0.25) is 0 Å². The minimum Gasteiger partial charge on any atom is -0.378 e. The highest BCUT2D eigenvalue weighted by molar-refractivity contribution is 7.09. The predicted octanol–water partition coefficient (Wildman–Crippen LogP) is 2.45. The molecule has 0 amide bonds. The lowest BCUT2D eigenvalue weighted by Gasteiger charge is -2.28. The molecule has 1 aromatic rings. The lowest BCUT2D eigenvalue weighted by atomic mass is 10.0. The Morgan fingerprint density at radius 2 is 2.53 bits per heavy atom. The molecule has 2 unspecified atom stereocenters. The molecule has 0 aliphatic carbocycles. The molecule has 1 saturated heterocycles. The first kappa shape index (κ1) is 11.1. The molecule has 2 nitrogen and oxygen atoms in total. The van der Waals surface area contributed by atoms with E-state index in [0.29, 0.717) is 12.1 Å². The van der Waals surface area contributed by atoms with Crippen LogP contribution in [0, 0.1) is 0 Å². The highest BCUT2D eigenvalue weighted by Crippen LogP contribution is 2.13. The second kappa shape index (κ2) is 5.64.